The third-order valence-electron chi connectivity index (χ3n) is 4.75. The van der Waals surface area contributed by atoms with Gasteiger partial charge in [-0.2, -0.15) is 0 Å². The molecule has 29 heavy (non-hydrogen) atoms. The molecule has 1 atom stereocenters. The van der Waals surface area contributed by atoms with Gasteiger partial charge in [-0.1, -0.05) is 6.07 Å². The molecule has 3 rings (SSSR count). The summed E-state index contributed by atoms with van der Waals surface area (Å²) in [7, 11) is 0. The normalized spacial score (nSPS) is 16.1. The van der Waals surface area contributed by atoms with Crippen LogP contribution in [0.3, 0.4) is 0 Å². The maximum atomic E-state index is 12.0. The maximum absolute atomic E-state index is 12.0. The topological polar surface area (TPSA) is 143 Å². The van der Waals surface area contributed by atoms with E-state index in [1.54, 1.807) is 29.3 Å². The van der Waals surface area contributed by atoms with Crippen molar-refractivity contribution >= 4 is 40.8 Å². The molecule has 2 aromatic rings. The van der Waals surface area contributed by atoms with Crippen molar-refractivity contribution in [3.63, 3.8) is 0 Å². The van der Waals surface area contributed by atoms with Crippen LogP contribution in [0, 0.1) is 0 Å². The Morgan fingerprint density at radius 1 is 1.10 bits per heavy atom. The summed E-state index contributed by atoms with van der Waals surface area (Å²) < 4.78 is 0. The predicted octanol–water partition coefficient (Wildman–Crippen LogP) is 0.647. The highest BCUT2D eigenvalue weighted by molar-refractivity contribution is 6.03. The van der Waals surface area contributed by atoms with Gasteiger partial charge >= 0.3 is 11.9 Å². The zero-order chi connectivity index (χ0) is 21.0. The summed E-state index contributed by atoms with van der Waals surface area (Å²) in [6.07, 6.45) is 4.04. The highest BCUT2D eigenvalue weighted by Gasteiger charge is 2.31. The van der Waals surface area contributed by atoms with Crippen molar-refractivity contribution in [2.75, 3.05) is 31.5 Å². The number of carboxylic acid groups (broad SMARTS) is 2. The highest BCUT2D eigenvalue weighted by atomic mass is 16.4. The number of aromatic nitrogens is 1. The predicted molar refractivity (Wildman–Crippen MR) is 103 cm³/mol. The Morgan fingerprint density at radius 3 is 2.45 bits per heavy atom. The number of nitrogens with zero attached hydrogens (tertiary/aromatic N) is 2. The number of amides is 2. The van der Waals surface area contributed by atoms with Gasteiger partial charge in [-0.15, -0.1) is 0 Å². The number of piperazine rings is 1. The second kappa shape index (κ2) is 8.57. The second-order valence-corrected chi connectivity index (χ2v) is 6.58. The fraction of sp³-hybridized carbons (Fsp3) is 0.263. The van der Waals surface area contributed by atoms with Gasteiger partial charge in [0.05, 0.1) is 0 Å². The van der Waals surface area contributed by atoms with Gasteiger partial charge in [0.25, 0.3) is 0 Å². The Hall–Kier alpha value is -3.66. The monoisotopic (exact) mass is 400 g/mol. The molecule has 0 aliphatic carbocycles. The fourth-order valence-corrected chi connectivity index (χ4v) is 3.37. The standard InChI is InChI=1S/C19H20N4O6/c24-11-22-5-7-23(8-6-22)18(19(28)29)14-10-20-15-9-12(1-2-13(14)15)21-16(25)3-4-17(26)27/h1-4,9-11,18,20H,5-8H2,(H,21,25)(H,26,27)(H,28,29)/b4-3+. The number of carbonyl (C=O) groups excluding carboxylic acids is 2. The van der Waals surface area contributed by atoms with E-state index in [-0.39, 0.29) is 0 Å². The molecule has 1 aromatic heterocycles. The van der Waals surface area contributed by atoms with E-state index in [1.165, 1.54) is 0 Å². The van der Waals surface area contributed by atoms with Gasteiger partial charge in [-0.25, -0.2) is 4.79 Å². The summed E-state index contributed by atoms with van der Waals surface area (Å²) in [5, 5.41) is 21.6. The van der Waals surface area contributed by atoms with Crippen LogP contribution in [-0.2, 0) is 19.2 Å². The lowest BCUT2D eigenvalue weighted by atomic mass is 10.0. The molecular formula is C19H20N4O6. The molecule has 0 radical (unpaired) electrons. The van der Waals surface area contributed by atoms with E-state index in [9.17, 15) is 24.3 Å². The van der Waals surface area contributed by atoms with Crippen molar-refractivity contribution in [3.05, 3.63) is 42.1 Å². The van der Waals surface area contributed by atoms with Crippen LogP contribution in [-0.4, -0.2) is 75.4 Å². The average molecular weight is 400 g/mol. The molecule has 0 bridgehead atoms. The molecule has 0 spiro atoms. The molecule has 2 heterocycles. The van der Waals surface area contributed by atoms with Gasteiger partial charge in [0.2, 0.25) is 12.3 Å². The fourth-order valence-electron chi connectivity index (χ4n) is 3.37. The van der Waals surface area contributed by atoms with E-state index in [4.69, 9.17) is 5.11 Å². The van der Waals surface area contributed by atoms with Gasteiger partial charge in [0.15, 0.2) is 0 Å². The second-order valence-electron chi connectivity index (χ2n) is 6.58. The van der Waals surface area contributed by atoms with Gasteiger partial charge in [0, 0.05) is 66.7 Å². The van der Waals surface area contributed by atoms with Gasteiger partial charge < -0.3 is 25.4 Å². The van der Waals surface area contributed by atoms with E-state index < -0.39 is 23.9 Å². The van der Waals surface area contributed by atoms with Crippen LogP contribution in [0.15, 0.2) is 36.5 Å². The molecule has 1 saturated heterocycles. The molecule has 4 N–H and O–H groups in total. The molecule has 1 aliphatic rings. The van der Waals surface area contributed by atoms with Crippen LogP contribution in [0.2, 0.25) is 0 Å². The van der Waals surface area contributed by atoms with Crippen LogP contribution in [0.1, 0.15) is 11.6 Å². The summed E-state index contributed by atoms with van der Waals surface area (Å²) in [6, 6.07) is 4.11. The Balaban J connectivity index is 1.82. The zero-order valence-electron chi connectivity index (χ0n) is 15.4. The number of aromatic amines is 1. The number of carbonyl (C=O) groups is 4. The zero-order valence-corrected chi connectivity index (χ0v) is 15.4. The number of hydrogen-bond acceptors (Lipinski definition) is 5. The number of benzene rings is 1. The number of aliphatic carboxylic acids is 2. The minimum absolute atomic E-state index is 0.442. The Kier molecular flexibility index (Phi) is 5.93. The van der Waals surface area contributed by atoms with Gasteiger partial charge in [-0.05, 0) is 12.1 Å². The molecule has 10 heteroatoms. The first kappa shape index (κ1) is 20.1. The SMILES string of the molecule is O=CN1CCN(C(C(=O)O)c2c[nH]c3cc(NC(=O)/C=C/C(=O)O)ccc23)CC1. The van der Waals surface area contributed by atoms with Crippen molar-refractivity contribution < 1.29 is 29.4 Å². The smallest absolute Gasteiger partial charge is 0.328 e. The number of hydrogen-bond donors (Lipinski definition) is 4. The summed E-state index contributed by atoms with van der Waals surface area (Å²) >= 11 is 0. The summed E-state index contributed by atoms with van der Waals surface area (Å²) in [6.45, 7) is 1.84. The molecule has 152 valence electrons. The molecule has 1 aliphatic heterocycles. The van der Waals surface area contributed by atoms with Crippen LogP contribution < -0.4 is 5.32 Å². The summed E-state index contributed by atoms with van der Waals surface area (Å²) in [5.41, 5.74) is 1.67. The number of fused-ring (bicyclic) bond motifs is 1. The molecule has 2 amide bonds. The number of anilines is 1. The van der Waals surface area contributed by atoms with Gasteiger partial charge in [-0.3, -0.25) is 19.3 Å². The minimum atomic E-state index is -1.22. The lowest BCUT2D eigenvalue weighted by Crippen LogP contribution is -2.48. The van der Waals surface area contributed by atoms with Crippen molar-refractivity contribution in [3.8, 4) is 0 Å². The molecule has 1 aromatic carbocycles. The number of carboxylic acids is 2. The van der Waals surface area contributed by atoms with Crippen LogP contribution in [0.4, 0.5) is 5.69 Å². The lowest BCUT2D eigenvalue weighted by Gasteiger charge is -2.36. The minimum Gasteiger partial charge on any atom is -0.480 e. The Labute approximate surface area is 165 Å². The molecular weight excluding hydrogens is 380 g/mol. The van der Waals surface area contributed by atoms with Crippen molar-refractivity contribution in [1.29, 1.82) is 0 Å². The third kappa shape index (κ3) is 4.61. The molecule has 1 fully saturated rings. The largest absolute Gasteiger partial charge is 0.480 e. The number of H-pyrrole nitrogens is 1. The van der Waals surface area contributed by atoms with E-state index in [0.29, 0.717) is 48.3 Å². The quantitative estimate of drug-likeness (QED) is 0.395. The summed E-state index contributed by atoms with van der Waals surface area (Å²) in [5.74, 6) is -2.80. The average Bonchev–Trinajstić information content (AvgIpc) is 3.09. The number of rotatable bonds is 7. The van der Waals surface area contributed by atoms with Crippen LogP contribution in [0.25, 0.3) is 10.9 Å². The Bertz CT molecular complexity index is 974. The molecule has 10 nitrogen and oxygen atoms in total. The van der Waals surface area contributed by atoms with Crippen molar-refractivity contribution in [2.24, 2.45) is 0 Å². The van der Waals surface area contributed by atoms with E-state index in [0.717, 1.165) is 18.6 Å². The number of nitrogens with one attached hydrogen (secondary N) is 2. The van der Waals surface area contributed by atoms with E-state index in [1.807, 2.05) is 4.90 Å². The van der Waals surface area contributed by atoms with Crippen LogP contribution in [0.5, 0.6) is 0 Å². The first-order valence-electron chi connectivity index (χ1n) is 8.88. The van der Waals surface area contributed by atoms with Crippen molar-refractivity contribution in [1.82, 2.24) is 14.8 Å². The molecule has 0 saturated carbocycles. The first-order chi connectivity index (χ1) is 13.9. The van der Waals surface area contributed by atoms with Crippen molar-refractivity contribution in [2.45, 2.75) is 6.04 Å². The molecule has 1 unspecified atom stereocenters. The van der Waals surface area contributed by atoms with E-state index >= 15 is 0 Å². The maximum Gasteiger partial charge on any atom is 0.328 e. The lowest BCUT2D eigenvalue weighted by molar-refractivity contribution is -0.144. The van der Waals surface area contributed by atoms with E-state index in [2.05, 4.69) is 10.3 Å². The Morgan fingerprint density at radius 2 is 1.83 bits per heavy atom. The van der Waals surface area contributed by atoms with Crippen LogP contribution >= 0.6 is 0 Å². The first-order valence-corrected chi connectivity index (χ1v) is 8.88. The summed E-state index contributed by atoms with van der Waals surface area (Å²) in [4.78, 5) is 51.5. The highest BCUT2D eigenvalue weighted by Crippen LogP contribution is 2.31. The van der Waals surface area contributed by atoms with Gasteiger partial charge in [0.1, 0.15) is 6.04 Å². The third-order valence-corrected chi connectivity index (χ3v) is 4.75.